The smallest absolute Gasteiger partial charge is 0.326 e. The van der Waals surface area contributed by atoms with Gasteiger partial charge in [-0.3, -0.25) is 9.88 Å². The Hall–Kier alpha value is -3.51. The van der Waals surface area contributed by atoms with Crippen molar-refractivity contribution in [1.82, 2.24) is 30.1 Å². The minimum absolute atomic E-state index is 0.123. The number of fused-ring (bicyclic) bond motifs is 1. The number of anilines is 1. The Morgan fingerprint density at radius 3 is 2.71 bits per heavy atom. The highest BCUT2D eigenvalue weighted by Gasteiger charge is 2.32. The fourth-order valence-electron chi connectivity index (χ4n) is 5.42. The van der Waals surface area contributed by atoms with E-state index in [4.69, 9.17) is 14.5 Å². The molecule has 0 spiro atoms. The second kappa shape index (κ2) is 15.6. The van der Waals surface area contributed by atoms with E-state index in [2.05, 4.69) is 37.6 Å². The van der Waals surface area contributed by atoms with Gasteiger partial charge in [-0.05, 0) is 77.5 Å². The molecule has 12 heteroatoms. The van der Waals surface area contributed by atoms with Gasteiger partial charge < -0.3 is 30.1 Å². The lowest BCUT2D eigenvalue weighted by Crippen LogP contribution is -2.58. The molecule has 230 valence electrons. The molecule has 42 heavy (non-hydrogen) atoms. The first-order chi connectivity index (χ1) is 20.3. The van der Waals surface area contributed by atoms with Crippen LogP contribution in [0, 0.1) is 6.92 Å². The number of carbonyl (C=O) groups excluding carboxylic acids is 1. The maximum Gasteiger partial charge on any atom is 0.326 e. The number of carboxylic acid groups (broad SMARTS) is 1. The number of unbranched alkanes of at least 4 members (excludes halogenated alkanes) is 1. The summed E-state index contributed by atoms with van der Waals surface area (Å²) in [7, 11) is 0. The Kier molecular flexibility index (Phi) is 11.7. The molecule has 0 saturated carbocycles. The van der Waals surface area contributed by atoms with Gasteiger partial charge in [-0.2, -0.15) is 0 Å². The van der Waals surface area contributed by atoms with Gasteiger partial charge in [0.2, 0.25) is 5.88 Å². The molecule has 0 unspecified atom stereocenters. The number of nitrogens with zero attached hydrogens (tertiary/aromatic N) is 5. The van der Waals surface area contributed by atoms with Crippen molar-refractivity contribution in [3.8, 4) is 5.88 Å². The first kappa shape index (κ1) is 31.4. The normalized spacial score (nSPS) is 19.1. The second-order valence-corrected chi connectivity index (χ2v) is 11.3. The van der Waals surface area contributed by atoms with Gasteiger partial charge in [-0.1, -0.05) is 6.07 Å². The summed E-state index contributed by atoms with van der Waals surface area (Å²) < 4.78 is 11.3. The van der Waals surface area contributed by atoms with Crippen molar-refractivity contribution >= 4 is 17.8 Å². The highest BCUT2D eigenvalue weighted by Crippen LogP contribution is 2.20. The number of aromatic nitrogens is 3. The third-order valence-corrected chi connectivity index (χ3v) is 7.76. The summed E-state index contributed by atoms with van der Waals surface area (Å²) in [6.07, 6.45) is 8.50. The predicted molar refractivity (Wildman–Crippen MR) is 159 cm³/mol. The molecule has 4 rings (SSSR count). The number of carboxylic acids is 1. The Labute approximate surface area is 248 Å². The van der Waals surface area contributed by atoms with Crippen molar-refractivity contribution in [2.45, 2.75) is 77.4 Å². The van der Waals surface area contributed by atoms with Crippen LogP contribution >= 0.6 is 0 Å². The molecule has 1 saturated heterocycles. The summed E-state index contributed by atoms with van der Waals surface area (Å²) in [5.74, 6) is 0.423. The Morgan fingerprint density at radius 1 is 1.17 bits per heavy atom. The molecule has 0 radical (unpaired) electrons. The zero-order chi connectivity index (χ0) is 29.9. The quantitative estimate of drug-likeness (QED) is 0.284. The van der Waals surface area contributed by atoms with E-state index >= 15 is 0 Å². The molecule has 3 N–H and O–H groups in total. The van der Waals surface area contributed by atoms with Crippen molar-refractivity contribution in [1.29, 1.82) is 0 Å². The average Bonchev–Trinajstić information content (AvgIpc) is 2.97. The van der Waals surface area contributed by atoms with Crippen LogP contribution in [0.5, 0.6) is 5.88 Å². The molecule has 1 fully saturated rings. The maximum atomic E-state index is 13.0. The van der Waals surface area contributed by atoms with Gasteiger partial charge in [0.1, 0.15) is 18.5 Å². The summed E-state index contributed by atoms with van der Waals surface area (Å²) >= 11 is 0. The summed E-state index contributed by atoms with van der Waals surface area (Å²) in [5, 5.41) is 16.0. The minimum atomic E-state index is -1.05. The molecule has 3 atom stereocenters. The SMILES string of the molecule is Cc1cnc(OCCN(CCCCc2ccc3c(n2)NCCC3)CC[C@H](NC(=O)N2[C@H](C)COC[C@@H]2C)C(=O)O)cn1. The van der Waals surface area contributed by atoms with Gasteiger partial charge in [-0.25, -0.2) is 19.6 Å². The molecule has 0 aliphatic carbocycles. The van der Waals surface area contributed by atoms with E-state index in [1.54, 1.807) is 17.3 Å². The molecular weight excluding hydrogens is 538 g/mol. The molecule has 2 amide bonds. The number of pyridine rings is 1. The van der Waals surface area contributed by atoms with Crippen molar-refractivity contribution in [3.63, 3.8) is 0 Å². The highest BCUT2D eigenvalue weighted by atomic mass is 16.5. The summed E-state index contributed by atoms with van der Waals surface area (Å²) in [4.78, 5) is 42.2. The number of aliphatic carboxylic acids is 1. The van der Waals surface area contributed by atoms with Crippen LogP contribution in [0.1, 0.15) is 56.5 Å². The summed E-state index contributed by atoms with van der Waals surface area (Å²) in [6, 6.07) is 2.68. The minimum Gasteiger partial charge on any atom is -0.480 e. The number of nitrogens with one attached hydrogen (secondary N) is 2. The Bertz CT molecular complexity index is 1160. The number of amides is 2. The van der Waals surface area contributed by atoms with Gasteiger partial charge in [0.15, 0.2) is 0 Å². The van der Waals surface area contributed by atoms with E-state index in [9.17, 15) is 14.7 Å². The van der Waals surface area contributed by atoms with Crippen LogP contribution in [0.3, 0.4) is 0 Å². The monoisotopic (exact) mass is 583 g/mol. The van der Waals surface area contributed by atoms with Crippen LogP contribution in [0.25, 0.3) is 0 Å². The molecule has 2 aliphatic heterocycles. The molecule has 2 aromatic rings. The van der Waals surface area contributed by atoms with E-state index in [0.717, 1.165) is 62.4 Å². The van der Waals surface area contributed by atoms with Crippen molar-refractivity contribution in [2.24, 2.45) is 0 Å². The topological polar surface area (TPSA) is 142 Å². The van der Waals surface area contributed by atoms with E-state index in [1.165, 1.54) is 5.56 Å². The lowest BCUT2D eigenvalue weighted by atomic mass is 10.1. The zero-order valence-electron chi connectivity index (χ0n) is 25.1. The van der Waals surface area contributed by atoms with Crippen molar-refractivity contribution < 1.29 is 24.2 Å². The van der Waals surface area contributed by atoms with Crippen molar-refractivity contribution in [3.05, 3.63) is 41.5 Å². The molecule has 2 aliphatic rings. The second-order valence-electron chi connectivity index (χ2n) is 11.3. The van der Waals surface area contributed by atoms with Gasteiger partial charge in [0, 0.05) is 25.3 Å². The third-order valence-electron chi connectivity index (χ3n) is 7.76. The average molecular weight is 584 g/mol. The van der Waals surface area contributed by atoms with Gasteiger partial charge in [0.25, 0.3) is 0 Å². The van der Waals surface area contributed by atoms with E-state index in [0.29, 0.717) is 38.8 Å². The lowest BCUT2D eigenvalue weighted by molar-refractivity contribution is -0.139. The standard InChI is InChI=1S/C30H45N7O5/c1-21-17-33-27(18-32-21)42-16-15-36(13-5-4-8-25-10-9-24-7-6-12-31-28(24)34-25)14-11-26(29(38)39)35-30(40)37-22(2)19-41-20-23(37)3/h9-10,17-18,22-23,26H,4-8,11-16,19-20H2,1-3H3,(H,31,34)(H,35,40)(H,38,39)/t22-,23+,26-/m0/s1. The molecule has 12 nitrogen and oxygen atoms in total. The number of aryl methyl sites for hydroxylation is 3. The fraction of sp³-hybridized carbons (Fsp3) is 0.633. The van der Waals surface area contributed by atoms with Crippen LogP contribution in [0.2, 0.25) is 0 Å². The number of carbonyl (C=O) groups is 2. The van der Waals surface area contributed by atoms with E-state index < -0.39 is 12.0 Å². The van der Waals surface area contributed by atoms with E-state index in [1.807, 2.05) is 20.8 Å². The molecule has 2 aromatic heterocycles. The largest absolute Gasteiger partial charge is 0.480 e. The molecule has 0 bridgehead atoms. The number of rotatable bonds is 14. The molecule has 0 aromatic carbocycles. The van der Waals surface area contributed by atoms with Gasteiger partial charge in [-0.15, -0.1) is 0 Å². The van der Waals surface area contributed by atoms with Gasteiger partial charge in [0.05, 0.1) is 43.4 Å². The van der Waals surface area contributed by atoms with Crippen LogP contribution in [-0.4, -0.2) is 106 Å². The van der Waals surface area contributed by atoms with Crippen LogP contribution in [-0.2, 0) is 22.4 Å². The zero-order valence-corrected chi connectivity index (χ0v) is 25.1. The fourth-order valence-corrected chi connectivity index (χ4v) is 5.42. The number of urea groups is 1. The maximum absolute atomic E-state index is 13.0. The lowest BCUT2D eigenvalue weighted by Gasteiger charge is -2.39. The number of hydrogen-bond acceptors (Lipinski definition) is 9. The molecule has 4 heterocycles. The Balaban J connectivity index is 1.30. The van der Waals surface area contributed by atoms with Crippen LogP contribution < -0.4 is 15.4 Å². The first-order valence-electron chi connectivity index (χ1n) is 15.1. The van der Waals surface area contributed by atoms with Crippen LogP contribution in [0.4, 0.5) is 10.6 Å². The summed E-state index contributed by atoms with van der Waals surface area (Å²) in [6.45, 7) is 9.77. The highest BCUT2D eigenvalue weighted by molar-refractivity contribution is 5.83. The first-order valence-corrected chi connectivity index (χ1v) is 15.1. The predicted octanol–water partition coefficient (Wildman–Crippen LogP) is 2.90. The van der Waals surface area contributed by atoms with Gasteiger partial charge >= 0.3 is 12.0 Å². The summed E-state index contributed by atoms with van der Waals surface area (Å²) in [5.41, 5.74) is 3.18. The number of hydrogen-bond donors (Lipinski definition) is 3. The number of ether oxygens (including phenoxy) is 2. The van der Waals surface area contributed by atoms with Crippen LogP contribution in [0.15, 0.2) is 24.5 Å². The number of morpholine rings is 1. The Morgan fingerprint density at radius 2 is 1.98 bits per heavy atom. The molecular formula is C30H45N7O5. The van der Waals surface area contributed by atoms with E-state index in [-0.39, 0.29) is 24.5 Å². The van der Waals surface area contributed by atoms with Crippen molar-refractivity contribution in [2.75, 3.05) is 51.3 Å². The third kappa shape index (κ3) is 9.25.